The van der Waals surface area contributed by atoms with Gasteiger partial charge in [0, 0.05) is 32.3 Å². The van der Waals surface area contributed by atoms with Crippen molar-refractivity contribution in [2.75, 3.05) is 29.9 Å². The van der Waals surface area contributed by atoms with Gasteiger partial charge in [-0.25, -0.2) is 9.78 Å². The lowest BCUT2D eigenvalue weighted by Gasteiger charge is -2.30. The summed E-state index contributed by atoms with van der Waals surface area (Å²) in [6.07, 6.45) is 8.41. The average molecular weight is 385 g/mol. The topological polar surface area (TPSA) is 94.6 Å². The molecule has 1 aliphatic carbocycles. The molecule has 8 heteroatoms. The van der Waals surface area contributed by atoms with E-state index in [0.29, 0.717) is 18.5 Å². The highest BCUT2D eigenvalue weighted by atomic mass is 16.2. The Kier molecular flexibility index (Phi) is 5.19. The maximum Gasteiger partial charge on any atom is 0.325 e. The largest absolute Gasteiger partial charge is 0.355 e. The van der Waals surface area contributed by atoms with Gasteiger partial charge in [0.2, 0.25) is 5.91 Å². The summed E-state index contributed by atoms with van der Waals surface area (Å²) >= 11 is 0. The maximum absolute atomic E-state index is 12.8. The molecule has 0 unspecified atom stereocenters. The molecule has 150 valence electrons. The van der Waals surface area contributed by atoms with Gasteiger partial charge in [-0.2, -0.15) is 0 Å². The molecule has 3 heterocycles. The SMILES string of the molecule is O=C(CCN1C(=O)NC2(CCCCC2)C1=O)Nc1cccnc1N1CCCC1. The third-order valence-electron chi connectivity index (χ3n) is 5.98. The highest BCUT2D eigenvalue weighted by Crippen LogP contribution is 2.33. The quantitative estimate of drug-likeness (QED) is 0.758. The Labute approximate surface area is 164 Å². The van der Waals surface area contributed by atoms with Crippen LogP contribution in [0.25, 0.3) is 0 Å². The minimum atomic E-state index is -0.738. The number of aromatic nitrogens is 1. The van der Waals surface area contributed by atoms with Crippen LogP contribution in [0.1, 0.15) is 51.4 Å². The number of amides is 4. The molecule has 2 saturated heterocycles. The number of imide groups is 1. The van der Waals surface area contributed by atoms with Crippen LogP contribution in [0.15, 0.2) is 18.3 Å². The van der Waals surface area contributed by atoms with Crippen molar-refractivity contribution in [3.63, 3.8) is 0 Å². The summed E-state index contributed by atoms with van der Waals surface area (Å²) in [6.45, 7) is 1.96. The van der Waals surface area contributed by atoms with Crippen LogP contribution in [-0.2, 0) is 9.59 Å². The normalized spacial score (nSPS) is 21.3. The van der Waals surface area contributed by atoms with Crippen molar-refractivity contribution in [1.29, 1.82) is 0 Å². The third kappa shape index (κ3) is 3.55. The van der Waals surface area contributed by atoms with Crippen molar-refractivity contribution in [3.8, 4) is 0 Å². The highest BCUT2D eigenvalue weighted by Gasteiger charge is 2.51. The molecule has 2 N–H and O–H groups in total. The summed E-state index contributed by atoms with van der Waals surface area (Å²) < 4.78 is 0. The zero-order valence-corrected chi connectivity index (χ0v) is 16.1. The molecular weight excluding hydrogens is 358 g/mol. The van der Waals surface area contributed by atoms with E-state index in [-0.39, 0.29) is 30.8 Å². The first-order valence-electron chi connectivity index (χ1n) is 10.2. The van der Waals surface area contributed by atoms with Crippen LogP contribution in [0, 0.1) is 0 Å². The molecule has 4 amide bonds. The van der Waals surface area contributed by atoms with Gasteiger partial charge in [-0.3, -0.25) is 14.5 Å². The molecule has 0 bridgehead atoms. The Balaban J connectivity index is 1.36. The fraction of sp³-hybridized carbons (Fsp3) is 0.600. The first-order valence-corrected chi connectivity index (χ1v) is 10.2. The zero-order valence-electron chi connectivity index (χ0n) is 16.1. The summed E-state index contributed by atoms with van der Waals surface area (Å²) in [5.41, 5.74) is -0.0618. The van der Waals surface area contributed by atoms with Gasteiger partial charge in [0.1, 0.15) is 5.54 Å². The van der Waals surface area contributed by atoms with Gasteiger partial charge in [-0.05, 0) is 37.8 Å². The van der Waals surface area contributed by atoms with E-state index < -0.39 is 5.54 Å². The smallest absolute Gasteiger partial charge is 0.325 e. The van der Waals surface area contributed by atoms with Crippen molar-refractivity contribution < 1.29 is 14.4 Å². The second-order valence-electron chi connectivity index (χ2n) is 7.90. The third-order valence-corrected chi connectivity index (χ3v) is 5.98. The van der Waals surface area contributed by atoms with Gasteiger partial charge in [0.15, 0.2) is 5.82 Å². The van der Waals surface area contributed by atoms with Crippen molar-refractivity contribution in [3.05, 3.63) is 18.3 Å². The first-order chi connectivity index (χ1) is 13.6. The molecule has 28 heavy (non-hydrogen) atoms. The summed E-state index contributed by atoms with van der Waals surface area (Å²) in [4.78, 5) is 45.4. The Morgan fingerprint density at radius 2 is 1.89 bits per heavy atom. The molecule has 2 aliphatic heterocycles. The lowest BCUT2D eigenvalue weighted by Crippen LogP contribution is -2.48. The van der Waals surface area contributed by atoms with Gasteiger partial charge >= 0.3 is 6.03 Å². The number of nitrogens with one attached hydrogen (secondary N) is 2. The standard InChI is InChI=1S/C20H27N5O3/c26-16(22-15-7-6-11-21-17(15)24-12-4-5-13-24)8-14-25-18(27)20(23-19(25)28)9-2-1-3-10-20/h6-7,11H,1-5,8-10,12-14H2,(H,22,26)(H,23,28). The van der Waals surface area contributed by atoms with Crippen molar-refractivity contribution >= 4 is 29.4 Å². The van der Waals surface area contributed by atoms with Crippen LogP contribution < -0.4 is 15.5 Å². The first kappa shape index (κ1) is 18.7. The van der Waals surface area contributed by atoms with E-state index in [9.17, 15) is 14.4 Å². The van der Waals surface area contributed by atoms with Crippen molar-refractivity contribution in [1.82, 2.24) is 15.2 Å². The van der Waals surface area contributed by atoms with E-state index in [1.807, 2.05) is 6.07 Å². The summed E-state index contributed by atoms with van der Waals surface area (Å²) in [5, 5.41) is 5.78. The molecule has 8 nitrogen and oxygen atoms in total. The van der Waals surface area contributed by atoms with Gasteiger partial charge in [-0.1, -0.05) is 19.3 Å². The Hall–Kier alpha value is -2.64. The predicted molar refractivity (Wildman–Crippen MR) is 105 cm³/mol. The minimum absolute atomic E-state index is 0.0730. The number of hydrogen-bond donors (Lipinski definition) is 2. The number of carbonyl (C=O) groups is 3. The van der Waals surface area contributed by atoms with Gasteiger partial charge < -0.3 is 15.5 Å². The van der Waals surface area contributed by atoms with Gasteiger partial charge in [0.05, 0.1) is 5.69 Å². The van der Waals surface area contributed by atoms with Crippen LogP contribution in [0.5, 0.6) is 0 Å². The van der Waals surface area contributed by atoms with E-state index in [1.54, 1.807) is 12.3 Å². The fourth-order valence-electron chi connectivity index (χ4n) is 4.48. The number of urea groups is 1. The van der Waals surface area contributed by atoms with Crippen molar-refractivity contribution in [2.45, 2.75) is 56.9 Å². The summed E-state index contributed by atoms with van der Waals surface area (Å²) in [5.74, 6) is 0.382. The molecule has 4 rings (SSSR count). The molecule has 1 saturated carbocycles. The molecule has 1 aromatic heterocycles. The van der Waals surface area contributed by atoms with E-state index in [0.717, 1.165) is 51.0 Å². The van der Waals surface area contributed by atoms with Crippen molar-refractivity contribution in [2.24, 2.45) is 0 Å². The monoisotopic (exact) mass is 385 g/mol. The molecule has 3 fully saturated rings. The number of rotatable bonds is 5. The number of anilines is 2. The van der Waals surface area contributed by atoms with Crippen LogP contribution in [0.3, 0.4) is 0 Å². The molecule has 0 radical (unpaired) electrons. The number of pyridine rings is 1. The Bertz CT molecular complexity index is 769. The minimum Gasteiger partial charge on any atom is -0.355 e. The van der Waals surface area contributed by atoms with Crippen LogP contribution in [0.2, 0.25) is 0 Å². The second kappa shape index (κ2) is 7.77. The summed E-state index contributed by atoms with van der Waals surface area (Å²) in [7, 11) is 0. The van der Waals surface area contributed by atoms with E-state index in [1.165, 1.54) is 4.90 Å². The Morgan fingerprint density at radius 3 is 2.64 bits per heavy atom. The molecular formula is C20H27N5O3. The van der Waals surface area contributed by atoms with E-state index >= 15 is 0 Å². The number of hydrogen-bond acceptors (Lipinski definition) is 5. The van der Waals surface area contributed by atoms with Crippen LogP contribution in [-0.4, -0.2) is 52.9 Å². The second-order valence-corrected chi connectivity index (χ2v) is 7.90. The molecule has 3 aliphatic rings. The maximum atomic E-state index is 12.8. The molecule has 0 atom stereocenters. The number of nitrogens with zero attached hydrogens (tertiary/aromatic N) is 3. The summed E-state index contributed by atoms with van der Waals surface area (Å²) in [6, 6.07) is 3.25. The van der Waals surface area contributed by atoms with Gasteiger partial charge in [0.25, 0.3) is 5.91 Å². The molecule has 1 spiro atoms. The zero-order chi connectivity index (χ0) is 19.6. The highest BCUT2D eigenvalue weighted by molar-refractivity contribution is 6.07. The lowest BCUT2D eigenvalue weighted by atomic mass is 9.82. The average Bonchev–Trinajstić information content (AvgIpc) is 3.30. The van der Waals surface area contributed by atoms with E-state index in [4.69, 9.17) is 0 Å². The van der Waals surface area contributed by atoms with Gasteiger partial charge in [-0.15, -0.1) is 0 Å². The molecule has 0 aromatic carbocycles. The van der Waals surface area contributed by atoms with Crippen LogP contribution in [0.4, 0.5) is 16.3 Å². The lowest BCUT2D eigenvalue weighted by molar-refractivity contribution is -0.132. The van der Waals surface area contributed by atoms with Crippen LogP contribution >= 0.6 is 0 Å². The predicted octanol–water partition coefficient (Wildman–Crippen LogP) is 2.27. The van der Waals surface area contributed by atoms with E-state index in [2.05, 4.69) is 20.5 Å². The molecule has 1 aromatic rings. The Morgan fingerprint density at radius 1 is 1.14 bits per heavy atom. The fourth-order valence-corrected chi connectivity index (χ4v) is 4.48. The number of carbonyl (C=O) groups excluding carboxylic acids is 3.